The van der Waals surface area contributed by atoms with E-state index in [1.165, 1.54) is 16.8 Å². The van der Waals surface area contributed by atoms with E-state index < -0.39 is 0 Å². The first-order valence-electron chi connectivity index (χ1n) is 8.74. The Morgan fingerprint density at radius 2 is 1.77 bits per heavy atom. The Labute approximate surface area is 156 Å². The number of furan rings is 1. The molecule has 1 aliphatic rings. The quantitative estimate of drug-likeness (QED) is 0.558. The van der Waals surface area contributed by atoms with Gasteiger partial charge in [-0.2, -0.15) is 0 Å². The molecule has 0 saturated heterocycles. The molecule has 0 bridgehead atoms. The third-order valence-electron chi connectivity index (χ3n) is 4.97. The lowest BCUT2D eigenvalue weighted by Crippen LogP contribution is -2.83. The molecule has 0 fully saturated rings. The van der Waals surface area contributed by atoms with Crippen LogP contribution < -0.4 is 5.32 Å². The van der Waals surface area contributed by atoms with Crippen molar-refractivity contribution in [3.8, 4) is 17.2 Å². The zero-order chi connectivity index (χ0) is 17.5. The molecular formula is C22H18ClN2O+. The van der Waals surface area contributed by atoms with Gasteiger partial charge in [0.15, 0.2) is 6.04 Å². The van der Waals surface area contributed by atoms with Crippen molar-refractivity contribution in [2.75, 3.05) is 0 Å². The molecule has 5 rings (SSSR count). The van der Waals surface area contributed by atoms with Crippen LogP contribution in [0.4, 0.5) is 0 Å². The minimum Gasteiger partial charge on any atom is -0.439 e. The lowest BCUT2D eigenvalue weighted by atomic mass is 10.0. The van der Waals surface area contributed by atoms with Crippen molar-refractivity contribution in [3.05, 3.63) is 101 Å². The highest BCUT2D eigenvalue weighted by atomic mass is 35.5. The summed E-state index contributed by atoms with van der Waals surface area (Å²) in [5.41, 5.74) is 4.75. The summed E-state index contributed by atoms with van der Waals surface area (Å²) in [6.45, 7) is 0.862. The Kier molecular flexibility index (Phi) is 3.70. The van der Waals surface area contributed by atoms with Crippen molar-refractivity contribution in [1.29, 1.82) is 0 Å². The Balaban J connectivity index is 1.60. The van der Waals surface area contributed by atoms with E-state index in [4.69, 9.17) is 16.0 Å². The molecular weight excluding hydrogens is 344 g/mol. The van der Waals surface area contributed by atoms with Crippen molar-refractivity contribution in [2.24, 2.45) is 0 Å². The molecule has 1 aliphatic heterocycles. The average Bonchev–Trinajstić information content (AvgIpc) is 3.29. The molecule has 0 aliphatic carbocycles. The summed E-state index contributed by atoms with van der Waals surface area (Å²) in [5.74, 6) is 1.82. The molecule has 26 heavy (non-hydrogen) atoms. The second-order valence-corrected chi connectivity index (χ2v) is 7.02. The summed E-state index contributed by atoms with van der Waals surface area (Å²) in [4.78, 5) is 0. The van der Waals surface area contributed by atoms with Crippen molar-refractivity contribution in [1.82, 2.24) is 4.57 Å². The molecule has 4 heteroatoms. The largest absolute Gasteiger partial charge is 0.439 e. The van der Waals surface area contributed by atoms with Crippen molar-refractivity contribution in [3.63, 3.8) is 0 Å². The van der Waals surface area contributed by atoms with Gasteiger partial charge in [-0.1, -0.05) is 54.1 Å². The van der Waals surface area contributed by atoms with E-state index >= 15 is 0 Å². The predicted octanol–water partition coefficient (Wildman–Crippen LogP) is 4.56. The summed E-state index contributed by atoms with van der Waals surface area (Å²) < 4.78 is 8.45. The maximum atomic E-state index is 6.28. The van der Waals surface area contributed by atoms with Gasteiger partial charge in [-0.25, -0.2) is 0 Å². The van der Waals surface area contributed by atoms with Crippen molar-refractivity contribution in [2.45, 2.75) is 12.6 Å². The third-order valence-corrected chi connectivity index (χ3v) is 5.22. The minimum atomic E-state index is 0.213. The second kappa shape index (κ2) is 6.20. The highest BCUT2D eigenvalue weighted by molar-refractivity contribution is 6.30. The molecule has 2 aromatic heterocycles. The molecule has 2 N–H and O–H groups in total. The fraction of sp³-hybridized carbons (Fsp3) is 0.0909. The van der Waals surface area contributed by atoms with Crippen LogP contribution in [0.2, 0.25) is 5.02 Å². The zero-order valence-electron chi connectivity index (χ0n) is 14.1. The fourth-order valence-electron chi connectivity index (χ4n) is 3.69. The first-order chi connectivity index (χ1) is 12.8. The Hall–Kier alpha value is -2.75. The number of benzene rings is 2. The van der Waals surface area contributed by atoms with Gasteiger partial charge < -0.3 is 9.73 Å². The smallest absolute Gasteiger partial charge is 0.213 e. The van der Waals surface area contributed by atoms with Crippen LogP contribution in [0, 0.1) is 0 Å². The highest BCUT2D eigenvalue weighted by Gasteiger charge is 2.28. The number of hydrogen-bond acceptors (Lipinski definition) is 1. The summed E-state index contributed by atoms with van der Waals surface area (Å²) in [6, 6.07) is 25.0. The topological polar surface area (TPSA) is 34.7 Å². The van der Waals surface area contributed by atoms with Gasteiger partial charge in [-0.05, 0) is 30.3 Å². The monoisotopic (exact) mass is 361 g/mol. The van der Waals surface area contributed by atoms with E-state index in [-0.39, 0.29) is 6.04 Å². The van der Waals surface area contributed by atoms with Crippen molar-refractivity contribution >= 4 is 11.6 Å². The van der Waals surface area contributed by atoms with E-state index in [2.05, 4.69) is 58.5 Å². The molecule has 1 unspecified atom stereocenters. The number of quaternary nitrogens is 1. The van der Waals surface area contributed by atoms with E-state index in [1.54, 1.807) is 0 Å². The number of halogens is 1. The number of nitrogens with two attached hydrogens (primary N) is 1. The Morgan fingerprint density at radius 3 is 2.58 bits per heavy atom. The van der Waals surface area contributed by atoms with E-state index in [1.807, 2.05) is 30.3 Å². The number of hydrogen-bond donors (Lipinski definition) is 1. The fourth-order valence-corrected chi connectivity index (χ4v) is 3.81. The van der Waals surface area contributed by atoms with E-state index in [0.29, 0.717) is 0 Å². The van der Waals surface area contributed by atoms with Crippen LogP contribution in [0.5, 0.6) is 0 Å². The minimum absolute atomic E-state index is 0.213. The van der Waals surface area contributed by atoms with Gasteiger partial charge in [0.2, 0.25) is 5.88 Å². The number of nitrogens with zero attached hydrogens (tertiary/aromatic N) is 1. The van der Waals surface area contributed by atoms with Crippen LogP contribution >= 0.6 is 11.6 Å². The van der Waals surface area contributed by atoms with Crippen LogP contribution in [-0.2, 0) is 6.54 Å². The molecule has 1 atom stereocenters. The number of aromatic nitrogens is 1. The molecule has 0 radical (unpaired) electrons. The second-order valence-electron chi connectivity index (χ2n) is 6.58. The Bertz CT molecular complexity index is 1050. The van der Waals surface area contributed by atoms with Gasteiger partial charge in [-0.3, -0.25) is 4.57 Å². The molecule has 0 spiro atoms. The third kappa shape index (κ3) is 2.57. The summed E-state index contributed by atoms with van der Waals surface area (Å²) in [5, 5.41) is 3.11. The van der Waals surface area contributed by atoms with E-state index in [9.17, 15) is 0 Å². The normalized spacial score (nSPS) is 16.0. The first-order valence-corrected chi connectivity index (χ1v) is 9.12. The summed E-state index contributed by atoms with van der Waals surface area (Å²) in [7, 11) is 0. The standard InChI is InChI=1S/C22H17ClN2O/c23-18-10-8-16(9-11-18)21-19-7-4-12-25(19)22-17(14-24-21)13-20(26-22)15-5-2-1-3-6-15/h1-13,21,24H,14H2/p+1. The van der Waals surface area contributed by atoms with Crippen LogP contribution in [0.1, 0.15) is 22.9 Å². The van der Waals surface area contributed by atoms with Crippen LogP contribution in [0.25, 0.3) is 17.2 Å². The molecule has 0 saturated carbocycles. The van der Waals surface area contributed by atoms with Crippen LogP contribution in [-0.4, -0.2) is 4.57 Å². The summed E-state index contributed by atoms with van der Waals surface area (Å²) in [6.07, 6.45) is 2.08. The van der Waals surface area contributed by atoms with Gasteiger partial charge >= 0.3 is 0 Å². The molecule has 128 valence electrons. The lowest BCUT2D eigenvalue weighted by Gasteiger charge is -2.14. The maximum absolute atomic E-state index is 6.28. The lowest BCUT2D eigenvalue weighted by molar-refractivity contribution is -0.702. The molecule has 3 nitrogen and oxygen atoms in total. The Morgan fingerprint density at radius 1 is 0.962 bits per heavy atom. The molecule has 3 heterocycles. The van der Waals surface area contributed by atoms with Gasteiger partial charge in [0.25, 0.3) is 0 Å². The predicted molar refractivity (Wildman–Crippen MR) is 102 cm³/mol. The molecule has 4 aromatic rings. The number of fused-ring (bicyclic) bond motifs is 3. The molecule has 2 aromatic carbocycles. The first kappa shape index (κ1) is 15.5. The average molecular weight is 362 g/mol. The van der Waals surface area contributed by atoms with Crippen LogP contribution in [0.3, 0.4) is 0 Å². The highest BCUT2D eigenvalue weighted by Crippen LogP contribution is 2.32. The number of rotatable bonds is 2. The van der Waals surface area contributed by atoms with Crippen molar-refractivity contribution < 1.29 is 9.73 Å². The molecule has 0 amide bonds. The van der Waals surface area contributed by atoms with Gasteiger partial charge in [0.05, 0.1) is 11.3 Å². The summed E-state index contributed by atoms with van der Waals surface area (Å²) >= 11 is 6.06. The van der Waals surface area contributed by atoms with Gasteiger partial charge in [0, 0.05) is 22.3 Å². The van der Waals surface area contributed by atoms with Gasteiger partial charge in [-0.15, -0.1) is 0 Å². The zero-order valence-corrected chi connectivity index (χ0v) is 14.9. The van der Waals surface area contributed by atoms with E-state index in [0.717, 1.165) is 28.8 Å². The maximum Gasteiger partial charge on any atom is 0.213 e. The van der Waals surface area contributed by atoms with Gasteiger partial charge in [0.1, 0.15) is 12.3 Å². The van der Waals surface area contributed by atoms with Crippen LogP contribution in [0.15, 0.2) is 83.4 Å². The SMILES string of the molecule is Clc1ccc(C2[NH2+]Cc3cc(-c4ccccc4)oc3-n3cccc32)cc1.